The molecule has 0 aliphatic carbocycles. The maximum atomic E-state index is 12.6. The van der Waals surface area contributed by atoms with Gasteiger partial charge in [-0.1, -0.05) is 60.7 Å². The van der Waals surface area contributed by atoms with Crippen molar-refractivity contribution in [1.82, 2.24) is 10.6 Å². The van der Waals surface area contributed by atoms with Crippen molar-refractivity contribution in [2.45, 2.75) is 25.5 Å². The Balaban J connectivity index is 2.06. The normalized spacial score (nSPS) is 12.5. The number of alkyl carbamates (subject to hydrolysis) is 1. The molecular weight excluding hydrogens is 346 g/mol. The number of carbonyl (C=O) groups is 3. The molecule has 0 heterocycles. The molecule has 142 valence electrons. The standard InChI is InChI=1S/C20H23N3O4/c1-20(18(25)22-13-17(21)24,12-15-8-4-2-5-9-15)23-19(26)27-14-16-10-6-3-7-11-16/h2-11H,12-14H2,1H3,(H2,21,24)(H,22,25)(H,23,26)/t20-/m0/s1. The zero-order valence-electron chi connectivity index (χ0n) is 15.1. The van der Waals surface area contributed by atoms with E-state index >= 15 is 0 Å². The topological polar surface area (TPSA) is 111 Å². The first-order valence-corrected chi connectivity index (χ1v) is 8.48. The first-order chi connectivity index (χ1) is 12.9. The Morgan fingerprint density at radius 2 is 1.52 bits per heavy atom. The molecule has 2 aromatic rings. The number of primary amides is 1. The summed E-state index contributed by atoms with van der Waals surface area (Å²) in [7, 11) is 0. The molecule has 0 aliphatic rings. The molecule has 0 saturated carbocycles. The predicted octanol–water partition coefficient (Wildman–Crippen LogP) is 1.52. The Morgan fingerprint density at radius 1 is 0.963 bits per heavy atom. The van der Waals surface area contributed by atoms with Crippen molar-refractivity contribution < 1.29 is 19.1 Å². The number of hydrogen-bond donors (Lipinski definition) is 3. The summed E-state index contributed by atoms with van der Waals surface area (Å²) in [5.41, 5.74) is 5.44. The van der Waals surface area contributed by atoms with E-state index in [2.05, 4.69) is 10.6 Å². The Labute approximate surface area is 157 Å². The molecule has 7 heteroatoms. The third kappa shape index (κ3) is 6.47. The van der Waals surface area contributed by atoms with Gasteiger partial charge in [0.05, 0.1) is 6.54 Å². The summed E-state index contributed by atoms with van der Waals surface area (Å²) >= 11 is 0. The zero-order valence-corrected chi connectivity index (χ0v) is 15.1. The number of benzene rings is 2. The van der Waals surface area contributed by atoms with Crippen LogP contribution in [0, 0.1) is 0 Å². The summed E-state index contributed by atoms with van der Waals surface area (Å²) in [6.07, 6.45) is -0.509. The second-order valence-electron chi connectivity index (χ2n) is 6.33. The highest BCUT2D eigenvalue weighted by Crippen LogP contribution is 2.14. The molecule has 0 unspecified atom stereocenters. The minimum atomic E-state index is -1.31. The van der Waals surface area contributed by atoms with Crippen LogP contribution in [0.15, 0.2) is 60.7 Å². The van der Waals surface area contributed by atoms with Crippen molar-refractivity contribution in [2.75, 3.05) is 6.54 Å². The minimum absolute atomic E-state index is 0.0804. The van der Waals surface area contributed by atoms with Gasteiger partial charge in [-0.3, -0.25) is 9.59 Å². The number of rotatable bonds is 8. The fourth-order valence-electron chi connectivity index (χ4n) is 2.53. The molecule has 0 fully saturated rings. The molecule has 27 heavy (non-hydrogen) atoms. The number of carbonyl (C=O) groups excluding carboxylic acids is 3. The molecule has 0 saturated heterocycles. The Kier molecular flexibility index (Phi) is 6.93. The lowest BCUT2D eigenvalue weighted by Crippen LogP contribution is -2.59. The molecular formula is C20H23N3O4. The van der Waals surface area contributed by atoms with Crippen LogP contribution >= 0.6 is 0 Å². The van der Waals surface area contributed by atoms with E-state index in [-0.39, 0.29) is 19.6 Å². The van der Waals surface area contributed by atoms with E-state index in [0.717, 1.165) is 11.1 Å². The lowest BCUT2D eigenvalue weighted by molar-refractivity contribution is -0.129. The van der Waals surface area contributed by atoms with Crippen molar-refractivity contribution in [3.05, 3.63) is 71.8 Å². The Bertz CT molecular complexity index is 780. The highest BCUT2D eigenvalue weighted by Gasteiger charge is 2.35. The molecule has 0 spiro atoms. The number of ether oxygens (including phenoxy) is 1. The average molecular weight is 369 g/mol. The van der Waals surface area contributed by atoms with Gasteiger partial charge in [0.25, 0.3) is 0 Å². The molecule has 0 bridgehead atoms. The zero-order chi connectivity index (χ0) is 19.7. The van der Waals surface area contributed by atoms with Gasteiger partial charge in [0.1, 0.15) is 12.1 Å². The van der Waals surface area contributed by atoms with Gasteiger partial charge < -0.3 is 21.1 Å². The lowest BCUT2D eigenvalue weighted by atomic mass is 9.92. The maximum absolute atomic E-state index is 12.6. The molecule has 2 aromatic carbocycles. The van der Waals surface area contributed by atoms with Crippen LogP contribution in [-0.2, 0) is 27.4 Å². The first-order valence-electron chi connectivity index (χ1n) is 8.48. The highest BCUT2D eigenvalue weighted by atomic mass is 16.5. The second kappa shape index (κ2) is 9.38. The highest BCUT2D eigenvalue weighted by molar-refractivity contribution is 5.92. The van der Waals surface area contributed by atoms with Gasteiger partial charge in [0.15, 0.2) is 0 Å². The van der Waals surface area contributed by atoms with Gasteiger partial charge in [0, 0.05) is 6.42 Å². The summed E-state index contributed by atoms with van der Waals surface area (Å²) in [5.74, 6) is -1.20. The first kappa shape index (κ1) is 20.0. The summed E-state index contributed by atoms with van der Waals surface area (Å²) in [5, 5.41) is 5.05. The molecule has 0 aliphatic heterocycles. The van der Waals surface area contributed by atoms with Crippen molar-refractivity contribution in [3.8, 4) is 0 Å². The SMILES string of the molecule is C[C@@](Cc1ccccc1)(NC(=O)OCc1ccccc1)C(=O)NCC(N)=O. The van der Waals surface area contributed by atoms with Gasteiger partial charge in [-0.05, 0) is 18.1 Å². The van der Waals surface area contributed by atoms with Crippen LogP contribution in [0.25, 0.3) is 0 Å². The van der Waals surface area contributed by atoms with Crippen LogP contribution in [-0.4, -0.2) is 30.0 Å². The van der Waals surface area contributed by atoms with Gasteiger partial charge in [0.2, 0.25) is 11.8 Å². The molecule has 1 atom stereocenters. The second-order valence-corrected chi connectivity index (χ2v) is 6.33. The number of amides is 3. The van der Waals surface area contributed by atoms with Crippen molar-refractivity contribution in [3.63, 3.8) is 0 Å². The predicted molar refractivity (Wildman–Crippen MR) is 101 cm³/mol. The van der Waals surface area contributed by atoms with Gasteiger partial charge in [-0.25, -0.2) is 4.79 Å². The van der Waals surface area contributed by atoms with Crippen LogP contribution < -0.4 is 16.4 Å². The van der Waals surface area contributed by atoms with Crippen LogP contribution in [0.5, 0.6) is 0 Å². The Morgan fingerprint density at radius 3 is 2.07 bits per heavy atom. The van der Waals surface area contributed by atoms with E-state index in [1.165, 1.54) is 0 Å². The van der Waals surface area contributed by atoms with Gasteiger partial charge in [-0.2, -0.15) is 0 Å². The molecule has 0 aromatic heterocycles. The van der Waals surface area contributed by atoms with Crippen LogP contribution in [0.4, 0.5) is 4.79 Å². The van der Waals surface area contributed by atoms with E-state index < -0.39 is 23.4 Å². The molecule has 2 rings (SSSR count). The summed E-state index contributed by atoms with van der Waals surface area (Å²) in [4.78, 5) is 35.8. The maximum Gasteiger partial charge on any atom is 0.408 e. The average Bonchev–Trinajstić information content (AvgIpc) is 2.66. The van der Waals surface area contributed by atoms with E-state index in [4.69, 9.17) is 10.5 Å². The molecule has 3 amide bonds. The molecule has 7 nitrogen and oxygen atoms in total. The van der Waals surface area contributed by atoms with E-state index in [0.29, 0.717) is 0 Å². The molecule has 4 N–H and O–H groups in total. The van der Waals surface area contributed by atoms with E-state index in [1.54, 1.807) is 6.92 Å². The summed E-state index contributed by atoms with van der Waals surface area (Å²) in [6.45, 7) is 1.33. The smallest absolute Gasteiger partial charge is 0.408 e. The van der Waals surface area contributed by atoms with Gasteiger partial charge in [-0.15, -0.1) is 0 Å². The number of nitrogens with one attached hydrogen (secondary N) is 2. The van der Waals surface area contributed by atoms with Crippen molar-refractivity contribution >= 4 is 17.9 Å². The fourth-order valence-corrected chi connectivity index (χ4v) is 2.53. The number of nitrogens with two attached hydrogens (primary N) is 1. The summed E-state index contributed by atoms with van der Waals surface area (Å²) < 4.78 is 5.22. The monoisotopic (exact) mass is 369 g/mol. The summed E-state index contributed by atoms with van der Waals surface area (Å²) in [6, 6.07) is 18.4. The van der Waals surface area contributed by atoms with E-state index in [9.17, 15) is 14.4 Å². The van der Waals surface area contributed by atoms with Crippen LogP contribution in [0.1, 0.15) is 18.1 Å². The Hall–Kier alpha value is -3.35. The van der Waals surface area contributed by atoms with Crippen LogP contribution in [0.3, 0.4) is 0 Å². The number of hydrogen-bond acceptors (Lipinski definition) is 4. The van der Waals surface area contributed by atoms with Crippen molar-refractivity contribution in [1.29, 1.82) is 0 Å². The van der Waals surface area contributed by atoms with Crippen molar-refractivity contribution in [2.24, 2.45) is 5.73 Å². The third-order valence-electron chi connectivity index (χ3n) is 3.92. The van der Waals surface area contributed by atoms with E-state index in [1.807, 2.05) is 60.7 Å². The molecule has 0 radical (unpaired) electrons. The largest absolute Gasteiger partial charge is 0.445 e. The minimum Gasteiger partial charge on any atom is -0.445 e. The van der Waals surface area contributed by atoms with Crippen LogP contribution in [0.2, 0.25) is 0 Å². The quantitative estimate of drug-likeness (QED) is 0.655. The fraction of sp³-hybridized carbons (Fsp3) is 0.250. The van der Waals surface area contributed by atoms with Gasteiger partial charge >= 0.3 is 6.09 Å². The lowest BCUT2D eigenvalue weighted by Gasteiger charge is -2.29. The third-order valence-corrected chi connectivity index (χ3v) is 3.92.